The molecule has 2 unspecified atom stereocenters. The monoisotopic (exact) mass is 248 g/mol. The van der Waals surface area contributed by atoms with Gasteiger partial charge in [0.15, 0.2) is 0 Å². The van der Waals surface area contributed by atoms with E-state index in [1.165, 1.54) is 0 Å². The Kier molecular flexibility index (Phi) is 3.50. The normalized spacial score (nSPS) is 22.7. The number of benzene rings is 1. The lowest BCUT2D eigenvalue weighted by Crippen LogP contribution is -2.40. The number of aliphatic carboxylic acids is 1. The summed E-state index contributed by atoms with van der Waals surface area (Å²) >= 11 is 0. The van der Waals surface area contributed by atoms with E-state index in [-0.39, 0.29) is 11.9 Å². The van der Waals surface area contributed by atoms with Crippen LogP contribution in [0, 0.1) is 5.92 Å². The van der Waals surface area contributed by atoms with Crippen LogP contribution in [-0.2, 0) is 4.79 Å². The van der Waals surface area contributed by atoms with Crippen LogP contribution in [-0.4, -0.2) is 23.0 Å². The highest BCUT2D eigenvalue weighted by molar-refractivity contribution is 5.95. The van der Waals surface area contributed by atoms with Crippen molar-refractivity contribution in [3.8, 4) is 0 Å². The fourth-order valence-corrected chi connectivity index (χ4v) is 2.31. The third kappa shape index (κ3) is 2.61. The average molecular weight is 248 g/mol. The summed E-state index contributed by atoms with van der Waals surface area (Å²) in [7, 11) is 0. The molecule has 1 amide bonds. The van der Waals surface area contributed by atoms with Crippen molar-refractivity contribution in [3.63, 3.8) is 0 Å². The number of carbonyl (C=O) groups is 2. The molecule has 4 N–H and O–H groups in total. The molecule has 1 aromatic carbocycles. The average Bonchev–Trinajstić information content (AvgIpc) is 2.78. The Morgan fingerprint density at radius 2 is 1.89 bits per heavy atom. The first-order valence-corrected chi connectivity index (χ1v) is 5.97. The smallest absolute Gasteiger partial charge is 0.308 e. The maximum Gasteiger partial charge on any atom is 0.308 e. The Morgan fingerprint density at radius 3 is 2.50 bits per heavy atom. The van der Waals surface area contributed by atoms with Crippen LogP contribution in [0.1, 0.15) is 29.6 Å². The molecule has 96 valence electrons. The van der Waals surface area contributed by atoms with E-state index in [9.17, 15) is 9.59 Å². The van der Waals surface area contributed by atoms with Gasteiger partial charge in [-0.3, -0.25) is 9.59 Å². The van der Waals surface area contributed by atoms with E-state index in [0.717, 1.165) is 12.8 Å². The molecule has 1 aromatic rings. The summed E-state index contributed by atoms with van der Waals surface area (Å²) in [6.45, 7) is 0. The highest BCUT2D eigenvalue weighted by Crippen LogP contribution is 2.26. The standard InChI is InChI=1S/C13H16N2O3/c14-9-6-4-8(5-7-9)12(16)15-11-3-1-2-10(11)13(17)18/h4-7,10-11H,1-3,14H2,(H,15,16)(H,17,18). The van der Waals surface area contributed by atoms with Gasteiger partial charge < -0.3 is 16.2 Å². The second-order valence-corrected chi connectivity index (χ2v) is 4.58. The van der Waals surface area contributed by atoms with E-state index >= 15 is 0 Å². The number of carboxylic acid groups (broad SMARTS) is 1. The van der Waals surface area contributed by atoms with Gasteiger partial charge in [-0.2, -0.15) is 0 Å². The first kappa shape index (κ1) is 12.4. The van der Waals surface area contributed by atoms with Crippen LogP contribution in [0.2, 0.25) is 0 Å². The predicted molar refractivity (Wildman–Crippen MR) is 67.1 cm³/mol. The van der Waals surface area contributed by atoms with E-state index in [1.54, 1.807) is 24.3 Å². The molecule has 2 atom stereocenters. The van der Waals surface area contributed by atoms with Gasteiger partial charge in [0, 0.05) is 17.3 Å². The van der Waals surface area contributed by atoms with Gasteiger partial charge in [-0.05, 0) is 37.1 Å². The van der Waals surface area contributed by atoms with E-state index in [4.69, 9.17) is 10.8 Å². The highest BCUT2D eigenvalue weighted by atomic mass is 16.4. The SMILES string of the molecule is Nc1ccc(C(=O)NC2CCCC2C(=O)O)cc1. The molecule has 2 rings (SSSR count). The van der Waals surface area contributed by atoms with Crippen LogP contribution >= 0.6 is 0 Å². The minimum Gasteiger partial charge on any atom is -0.481 e. The number of amides is 1. The molecule has 0 heterocycles. The van der Waals surface area contributed by atoms with Gasteiger partial charge in [-0.1, -0.05) is 6.42 Å². The second kappa shape index (κ2) is 5.08. The number of carbonyl (C=O) groups excluding carboxylic acids is 1. The van der Waals surface area contributed by atoms with Crippen molar-refractivity contribution in [2.24, 2.45) is 5.92 Å². The van der Waals surface area contributed by atoms with E-state index in [0.29, 0.717) is 17.7 Å². The number of nitrogens with one attached hydrogen (secondary N) is 1. The predicted octanol–water partition coefficient (Wildman–Crippen LogP) is 1.25. The number of anilines is 1. The molecule has 0 saturated heterocycles. The highest BCUT2D eigenvalue weighted by Gasteiger charge is 2.33. The molecule has 0 radical (unpaired) electrons. The van der Waals surface area contributed by atoms with Crippen molar-refractivity contribution < 1.29 is 14.7 Å². The van der Waals surface area contributed by atoms with Crippen molar-refractivity contribution >= 4 is 17.6 Å². The molecule has 5 heteroatoms. The molecule has 5 nitrogen and oxygen atoms in total. The zero-order chi connectivity index (χ0) is 13.1. The molecule has 0 aliphatic heterocycles. The first-order chi connectivity index (χ1) is 8.58. The molecular formula is C13H16N2O3. The molecule has 0 bridgehead atoms. The Hall–Kier alpha value is -2.04. The molecule has 1 saturated carbocycles. The fraction of sp³-hybridized carbons (Fsp3) is 0.385. The minimum atomic E-state index is -0.838. The van der Waals surface area contributed by atoms with Crippen LogP contribution in [0.5, 0.6) is 0 Å². The summed E-state index contributed by atoms with van der Waals surface area (Å²) in [6, 6.07) is 6.30. The number of nitrogen functional groups attached to an aromatic ring is 1. The zero-order valence-corrected chi connectivity index (χ0v) is 9.93. The lowest BCUT2D eigenvalue weighted by atomic mass is 10.0. The van der Waals surface area contributed by atoms with Crippen LogP contribution < -0.4 is 11.1 Å². The largest absolute Gasteiger partial charge is 0.481 e. The van der Waals surface area contributed by atoms with Crippen LogP contribution in [0.4, 0.5) is 5.69 Å². The van der Waals surface area contributed by atoms with Crippen molar-refractivity contribution in [3.05, 3.63) is 29.8 Å². The van der Waals surface area contributed by atoms with Gasteiger partial charge >= 0.3 is 5.97 Å². The molecule has 0 aromatic heterocycles. The van der Waals surface area contributed by atoms with Gasteiger partial charge in [-0.15, -0.1) is 0 Å². The van der Waals surface area contributed by atoms with Crippen molar-refractivity contribution in [2.75, 3.05) is 5.73 Å². The van der Waals surface area contributed by atoms with Crippen molar-refractivity contribution in [2.45, 2.75) is 25.3 Å². The van der Waals surface area contributed by atoms with Gasteiger partial charge in [0.05, 0.1) is 5.92 Å². The maximum atomic E-state index is 11.9. The zero-order valence-electron chi connectivity index (χ0n) is 9.93. The number of nitrogens with two attached hydrogens (primary N) is 1. The quantitative estimate of drug-likeness (QED) is 0.702. The lowest BCUT2D eigenvalue weighted by Gasteiger charge is -2.17. The summed E-state index contributed by atoms with van der Waals surface area (Å²) in [5.74, 6) is -1.55. The summed E-state index contributed by atoms with van der Waals surface area (Å²) in [5, 5.41) is 11.8. The number of rotatable bonds is 3. The third-order valence-electron chi connectivity index (χ3n) is 3.32. The fourth-order valence-electron chi connectivity index (χ4n) is 2.31. The van der Waals surface area contributed by atoms with Crippen LogP contribution in [0.3, 0.4) is 0 Å². The summed E-state index contributed by atoms with van der Waals surface area (Å²) in [5.41, 5.74) is 6.64. The summed E-state index contributed by atoms with van der Waals surface area (Å²) in [4.78, 5) is 22.9. The molecule has 0 spiro atoms. The second-order valence-electron chi connectivity index (χ2n) is 4.58. The van der Waals surface area contributed by atoms with E-state index < -0.39 is 11.9 Å². The third-order valence-corrected chi connectivity index (χ3v) is 3.32. The van der Waals surface area contributed by atoms with E-state index in [2.05, 4.69) is 5.32 Å². The molecule has 1 aliphatic rings. The topological polar surface area (TPSA) is 92.4 Å². The van der Waals surface area contributed by atoms with Crippen LogP contribution in [0.25, 0.3) is 0 Å². The number of carboxylic acids is 1. The Balaban J connectivity index is 2.03. The molecular weight excluding hydrogens is 232 g/mol. The number of hydrogen-bond donors (Lipinski definition) is 3. The van der Waals surface area contributed by atoms with Crippen molar-refractivity contribution in [1.82, 2.24) is 5.32 Å². The lowest BCUT2D eigenvalue weighted by molar-refractivity contribution is -0.142. The van der Waals surface area contributed by atoms with Gasteiger partial charge in [0.1, 0.15) is 0 Å². The molecule has 1 fully saturated rings. The first-order valence-electron chi connectivity index (χ1n) is 5.97. The Morgan fingerprint density at radius 1 is 1.22 bits per heavy atom. The van der Waals surface area contributed by atoms with Gasteiger partial charge in [0.25, 0.3) is 5.91 Å². The minimum absolute atomic E-state index is 0.242. The van der Waals surface area contributed by atoms with Gasteiger partial charge in [-0.25, -0.2) is 0 Å². The van der Waals surface area contributed by atoms with Crippen molar-refractivity contribution in [1.29, 1.82) is 0 Å². The summed E-state index contributed by atoms with van der Waals surface area (Å²) < 4.78 is 0. The maximum absolute atomic E-state index is 11.9. The molecule has 1 aliphatic carbocycles. The molecule has 18 heavy (non-hydrogen) atoms. The summed E-state index contributed by atoms with van der Waals surface area (Å²) in [6.07, 6.45) is 2.18. The van der Waals surface area contributed by atoms with Gasteiger partial charge in [0.2, 0.25) is 0 Å². The Labute approximate surface area is 105 Å². The number of hydrogen-bond acceptors (Lipinski definition) is 3. The Bertz CT molecular complexity index is 456. The van der Waals surface area contributed by atoms with E-state index in [1.807, 2.05) is 0 Å². The van der Waals surface area contributed by atoms with Crippen LogP contribution in [0.15, 0.2) is 24.3 Å².